The summed E-state index contributed by atoms with van der Waals surface area (Å²) in [4.78, 5) is 2.46. The molecule has 1 aromatic carbocycles. The Kier molecular flexibility index (Phi) is 6.15. The van der Waals surface area contributed by atoms with Crippen molar-refractivity contribution in [3.05, 3.63) is 22.7 Å². The van der Waals surface area contributed by atoms with Gasteiger partial charge in [0.15, 0.2) is 11.5 Å². The molecule has 1 aromatic rings. The van der Waals surface area contributed by atoms with E-state index >= 15 is 0 Å². The van der Waals surface area contributed by atoms with Gasteiger partial charge in [-0.15, -0.1) is 0 Å². The van der Waals surface area contributed by atoms with Crippen molar-refractivity contribution in [2.24, 2.45) is 11.7 Å². The van der Waals surface area contributed by atoms with E-state index in [4.69, 9.17) is 26.8 Å². The van der Waals surface area contributed by atoms with E-state index in [1.165, 1.54) is 12.8 Å². The number of piperidine rings is 1. The van der Waals surface area contributed by atoms with Crippen LogP contribution in [0.1, 0.15) is 24.8 Å². The van der Waals surface area contributed by atoms with Gasteiger partial charge in [-0.05, 0) is 49.9 Å². The molecule has 2 N–H and O–H groups in total. The predicted octanol–water partition coefficient (Wildman–Crippen LogP) is 2.92. The lowest BCUT2D eigenvalue weighted by Gasteiger charge is -2.33. The fourth-order valence-electron chi connectivity index (χ4n) is 3.06. The zero-order valence-electron chi connectivity index (χ0n) is 12.9. The minimum atomic E-state index is 0.618. The lowest BCUT2D eigenvalue weighted by molar-refractivity contribution is 0.163. The smallest absolute Gasteiger partial charge is 0.179 e. The van der Waals surface area contributed by atoms with Crippen LogP contribution in [-0.2, 0) is 6.54 Å². The molecule has 0 amide bonds. The van der Waals surface area contributed by atoms with Crippen LogP contribution < -0.4 is 15.2 Å². The zero-order chi connectivity index (χ0) is 15.2. The van der Waals surface area contributed by atoms with Crippen molar-refractivity contribution in [1.29, 1.82) is 0 Å². The lowest BCUT2D eigenvalue weighted by atomic mass is 9.94. The van der Waals surface area contributed by atoms with Gasteiger partial charge in [0, 0.05) is 13.1 Å². The van der Waals surface area contributed by atoms with Crippen LogP contribution in [0, 0.1) is 5.92 Å². The number of nitrogens with zero attached hydrogens (tertiary/aromatic N) is 1. The van der Waals surface area contributed by atoms with Gasteiger partial charge in [0.1, 0.15) is 0 Å². The van der Waals surface area contributed by atoms with Crippen molar-refractivity contribution in [2.45, 2.75) is 25.8 Å². The van der Waals surface area contributed by atoms with Gasteiger partial charge in [-0.2, -0.15) is 0 Å². The molecular formula is C16H25ClN2O2. The summed E-state index contributed by atoms with van der Waals surface area (Å²) in [5.74, 6) is 2.00. The van der Waals surface area contributed by atoms with E-state index in [1.54, 1.807) is 14.2 Å². The van der Waals surface area contributed by atoms with E-state index in [1.807, 2.05) is 12.1 Å². The van der Waals surface area contributed by atoms with Crippen LogP contribution in [0.5, 0.6) is 11.5 Å². The van der Waals surface area contributed by atoms with Crippen molar-refractivity contribution < 1.29 is 9.47 Å². The van der Waals surface area contributed by atoms with E-state index in [2.05, 4.69) is 4.90 Å². The van der Waals surface area contributed by atoms with Crippen LogP contribution in [0.15, 0.2) is 12.1 Å². The third kappa shape index (κ3) is 4.02. The van der Waals surface area contributed by atoms with Crippen LogP contribution in [0.4, 0.5) is 0 Å². The molecule has 0 spiro atoms. The molecule has 0 saturated carbocycles. The molecule has 1 saturated heterocycles. The lowest BCUT2D eigenvalue weighted by Crippen LogP contribution is -2.35. The quantitative estimate of drug-likeness (QED) is 0.877. The van der Waals surface area contributed by atoms with Crippen LogP contribution in [0.2, 0.25) is 5.02 Å². The Morgan fingerprint density at radius 2 is 2.14 bits per heavy atom. The minimum Gasteiger partial charge on any atom is -0.493 e. The molecule has 0 aromatic heterocycles. The van der Waals surface area contributed by atoms with E-state index in [-0.39, 0.29) is 0 Å². The van der Waals surface area contributed by atoms with Crippen LogP contribution >= 0.6 is 11.6 Å². The van der Waals surface area contributed by atoms with E-state index in [0.717, 1.165) is 38.2 Å². The maximum Gasteiger partial charge on any atom is 0.179 e. The molecule has 4 nitrogen and oxygen atoms in total. The highest BCUT2D eigenvalue weighted by atomic mass is 35.5. The van der Waals surface area contributed by atoms with E-state index in [9.17, 15) is 0 Å². The van der Waals surface area contributed by atoms with Crippen molar-refractivity contribution >= 4 is 11.6 Å². The molecule has 118 valence electrons. The van der Waals surface area contributed by atoms with Crippen LogP contribution in [0.25, 0.3) is 0 Å². The average molecular weight is 313 g/mol. The highest BCUT2D eigenvalue weighted by molar-refractivity contribution is 6.33. The zero-order valence-corrected chi connectivity index (χ0v) is 13.7. The number of hydrogen-bond acceptors (Lipinski definition) is 4. The van der Waals surface area contributed by atoms with Gasteiger partial charge in [-0.3, -0.25) is 4.90 Å². The molecule has 21 heavy (non-hydrogen) atoms. The van der Waals surface area contributed by atoms with Crippen LogP contribution in [0.3, 0.4) is 0 Å². The Balaban J connectivity index is 2.09. The van der Waals surface area contributed by atoms with Gasteiger partial charge < -0.3 is 15.2 Å². The molecule has 0 bridgehead atoms. The number of hydrogen-bond donors (Lipinski definition) is 1. The normalized spacial score (nSPS) is 19.5. The fraction of sp³-hybridized carbons (Fsp3) is 0.625. The third-order valence-electron chi connectivity index (χ3n) is 4.14. The summed E-state index contributed by atoms with van der Waals surface area (Å²) in [5.41, 5.74) is 6.77. The summed E-state index contributed by atoms with van der Waals surface area (Å²) in [6.07, 6.45) is 3.62. The molecule has 0 aliphatic carbocycles. The van der Waals surface area contributed by atoms with Gasteiger partial charge >= 0.3 is 0 Å². The second-order valence-corrected chi connectivity index (χ2v) is 5.97. The van der Waals surface area contributed by atoms with Gasteiger partial charge in [0.2, 0.25) is 0 Å². The Hall–Kier alpha value is -0.970. The van der Waals surface area contributed by atoms with Crippen molar-refractivity contribution in [1.82, 2.24) is 4.90 Å². The minimum absolute atomic E-state index is 0.618. The topological polar surface area (TPSA) is 47.7 Å². The molecule has 1 atom stereocenters. The molecular weight excluding hydrogens is 288 g/mol. The highest BCUT2D eigenvalue weighted by Crippen LogP contribution is 2.38. The third-order valence-corrected chi connectivity index (χ3v) is 4.55. The van der Waals surface area contributed by atoms with Gasteiger partial charge in [0.05, 0.1) is 19.2 Å². The largest absolute Gasteiger partial charge is 0.493 e. The Morgan fingerprint density at radius 3 is 2.81 bits per heavy atom. The maximum absolute atomic E-state index is 6.46. The maximum atomic E-state index is 6.46. The molecule has 1 aliphatic rings. The number of benzene rings is 1. The molecule has 1 unspecified atom stereocenters. The Bertz CT molecular complexity index is 466. The first kappa shape index (κ1) is 16.4. The van der Waals surface area contributed by atoms with Crippen molar-refractivity contribution in [2.75, 3.05) is 33.9 Å². The molecule has 1 aliphatic heterocycles. The van der Waals surface area contributed by atoms with Gasteiger partial charge in [-0.1, -0.05) is 17.7 Å². The Morgan fingerprint density at radius 1 is 1.33 bits per heavy atom. The average Bonchev–Trinajstić information content (AvgIpc) is 2.50. The number of nitrogens with two attached hydrogens (primary N) is 1. The summed E-state index contributed by atoms with van der Waals surface area (Å²) in [6.45, 7) is 3.84. The molecule has 2 rings (SSSR count). The standard InChI is InChI=1S/C16H25ClN2O2/c1-20-14-6-5-13(15(17)16(14)21-2)11-19-9-3-4-12(10-19)7-8-18/h5-6,12H,3-4,7-11,18H2,1-2H3. The van der Waals surface area contributed by atoms with Crippen LogP contribution in [-0.4, -0.2) is 38.8 Å². The SMILES string of the molecule is COc1ccc(CN2CCCC(CCN)C2)c(Cl)c1OC. The fourth-order valence-corrected chi connectivity index (χ4v) is 3.35. The first-order chi connectivity index (χ1) is 10.2. The number of halogens is 1. The summed E-state index contributed by atoms with van der Waals surface area (Å²) in [7, 11) is 3.24. The van der Waals surface area contributed by atoms with Gasteiger partial charge in [0.25, 0.3) is 0 Å². The highest BCUT2D eigenvalue weighted by Gasteiger charge is 2.21. The molecule has 1 heterocycles. The number of methoxy groups -OCH3 is 2. The monoisotopic (exact) mass is 312 g/mol. The first-order valence-electron chi connectivity index (χ1n) is 7.51. The molecule has 5 heteroatoms. The Labute approximate surface area is 132 Å². The summed E-state index contributed by atoms with van der Waals surface area (Å²) >= 11 is 6.46. The molecule has 1 fully saturated rings. The number of rotatable bonds is 6. The summed E-state index contributed by atoms with van der Waals surface area (Å²) in [5, 5.41) is 0.651. The predicted molar refractivity (Wildman–Crippen MR) is 86.2 cm³/mol. The second kappa shape index (κ2) is 7.87. The van der Waals surface area contributed by atoms with Gasteiger partial charge in [-0.25, -0.2) is 0 Å². The molecule has 0 radical (unpaired) electrons. The first-order valence-corrected chi connectivity index (χ1v) is 7.89. The van der Waals surface area contributed by atoms with E-state index < -0.39 is 0 Å². The van der Waals surface area contributed by atoms with E-state index in [0.29, 0.717) is 22.4 Å². The van der Waals surface area contributed by atoms with Crippen molar-refractivity contribution in [3.8, 4) is 11.5 Å². The second-order valence-electron chi connectivity index (χ2n) is 5.59. The summed E-state index contributed by atoms with van der Waals surface area (Å²) < 4.78 is 10.6. The number of likely N-dealkylation sites (tertiary alicyclic amines) is 1. The number of ether oxygens (including phenoxy) is 2. The van der Waals surface area contributed by atoms with Crippen molar-refractivity contribution in [3.63, 3.8) is 0 Å². The summed E-state index contributed by atoms with van der Waals surface area (Å²) in [6, 6.07) is 3.94.